The summed E-state index contributed by atoms with van der Waals surface area (Å²) in [5.74, 6) is 0. The lowest BCUT2D eigenvalue weighted by Crippen LogP contribution is -2.33. The lowest BCUT2D eigenvalue weighted by molar-refractivity contribution is 0.358. The van der Waals surface area contributed by atoms with Gasteiger partial charge in [-0.2, -0.15) is 4.31 Å². The molecule has 2 rings (SSSR count). The van der Waals surface area contributed by atoms with Crippen molar-refractivity contribution >= 4 is 10.0 Å². The smallest absolute Gasteiger partial charge is 0.242 e. The molecule has 0 amide bonds. The highest BCUT2D eigenvalue weighted by atomic mass is 32.2. The second kappa shape index (κ2) is 5.58. The average Bonchev–Trinajstić information content (AvgIpc) is 2.82. The Kier molecular flexibility index (Phi) is 4.25. The van der Waals surface area contributed by atoms with E-state index in [4.69, 9.17) is 0 Å². The molecule has 0 aliphatic carbocycles. The maximum Gasteiger partial charge on any atom is 0.242 e. The molecule has 0 atom stereocenters. The molecule has 0 spiro atoms. The Morgan fingerprint density at radius 1 is 1.11 bits per heavy atom. The molecule has 1 aliphatic rings. The Morgan fingerprint density at radius 3 is 2.47 bits per heavy atom. The van der Waals surface area contributed by atoms with E-state index in [9.17, 15) is 8.42 Å². The van der Waals surface area contributed by atoms with Crippen molar-refractivity contribution < 1.29 is 8.42 Å². The van der Waals surface area contributed by atoms with Crippen LogP contribution in [0.15, 0.2) is 23.1 Å². The molecule has 1 heterocycles. The molecule has 0 aromatic heterocycles. The van der Waals surface area contributed by atoms with Crippen LogP contribution in [0.3, 0.4) is 0 Å². The molecule has 0 saturated heterocycles. The quantitative estimate of drug-likeness (QED) is 0.853. The predicted molar refractivity (Wildman–Crippen MR) is 75.4 cm³/mol. The maximum absolute atomic E-state index is 12.4. The fourth-order valence-corrected chi connectivity index (χ4v) is 3.29. The van der Waals surface area contributed by atoms with Gasteiger partial charge in [-0.05, 0) is 37.4 Å². The third-order valence-electron chi connectivity index (χ3n) is 3.38. The number of sulfonamides is 1. The van der Waals surface area contributed by atoms with Crippen molar-refractivity contribution in [1.82, 2.24) is 14.5 Å². The summed E-state index contributed by atoms with van der Waals surface area (Å²) in [5.41, 5.74) is 2.27. The molecular weight excluding hydrogens is 262 g/mol. The molecular formula is C13H21N3O2S. The van der Waals surface area contributed by atoms with E-state index in [1.165, 1.54) is 9.87 Å². The summed E-state index contributed by atoms with van der Waals surface area (Å²) in [6.45, 7) is 2.78. The minimum absolute atomic E-state index is 0.385. The molecule has 1 aromatic carbocycles. The van der Waals surface area contributed by atoms with Crippen LogP contribution >= 0.6 is 0 Å². The van der Waals surface area contributed by atoms with Gasteiger partial charge in [0.1, 0.15) is 0 Å². The number of likely N-dealkylation sites (N-methyl/N-ethyl adjacent to an activating group) is 2. The topological polar surface area (TPSA) is 52.7 Å². The second-order valence-corrected chi connectivity index (χ2v) is 7.21. The molecule has 0 unspecified atom stereocenters. The summed E-state index contributed by atoms with van der Waals surface area (Å²) in [5, 5.41) is 3.22. The van der Waals surface area contributed by atoms with Gasteiger partial charge in [0.2, 0.25) is 10.0 Å². The van der Waals surface area contributed by atoms with E-state index in [1.54, 1.807) is 19.2 Å². The molecule has 1 N–H and O–H groups in total. The van der Waals surface area contributed by atoms with Gasteiger partial charge in [-0.15, -0.1) is 0 Å². The summed E-state index contributed by atoms with van der Waals surface area (Å²) < 4.78 is 26.3. The first-order chi connectivity index (χ1) is 8.91. The Labute approximate surface area is 115 Å². The summed E-state index contributed by atoms with van der Waals surface area (Å²) in [7, 11) is 2.12. The fourth-order valence-electron chi connectivity index (χ4n) is 2.07. The summed E-state index contributed by atoms with van der Waals surface area (Å²) in [6.07, 6.45) is 0. The van der Waals surface area contributed by atoms with E-state index in [0.717, 1.165) is 18.7 Å². The highest BCUT2D eigenvalue weighted by Gasteiger charge is 2.22. The SMILES string of the molecule is CN(C)CCN(C)S(=O)(=O)c1ccc2c(c1)CNC2. The monoisotopic (exact) mass is 283 g/mol. The molecule has 1 aromatic rings. The van der Waals surface area contributed by atoms with Crippen molar-refractivity contribution in [3.05, 3.63) is 29.3 Å². The minimum Gasteiger partial charge on any atom is -0.309 e. The van der Waals surface area contributed by atoms with Gasteiger partial charge in [-0.3, -0.25) is 0 Å². The van der Waals surface area contributed by atoms with E-state index in [2.05, 4.69) is 5.32 Å². The van der Waals surface area contributed by atoms with Gasteiger partial charge in [0, 0.05) is 33.2 Å². The Morgan fingerprint density at radius 2 is 1.79 bits per heavy atom. The normalized spacial score (nSPS) is 15.2. The van der Waals surface area contributed by atoms with Crippen molar-refractivity contribution in [2.45, 2.75) is 18.0 Å². The van der Waals surface area contributed by atoms with E-state index in [1.807, 2.05) is 25.1 Å². The first-order valence-electron chi connectivity index (χ1n) is 6.35. The summed E-state index contributed by atoms with van der Waals surface area (Å²) >= 11 is 0. The van der Waals surface area contributed by atoms with Crippen LogP contribution in [-0.4, -0.2) is 51.9 Å². The molecule has 0 radical (unpaired) electrons. The number of hydrogen-bond acceptors (Lipinski definition) is 4. The molecule has 5 nitrogen and oxygen atoms in total. The van der Waals surface area contributed by atoms with Crippen LogP contribution in [0.25, 0.3) is 0 Å². The highest BCUT2D eigenvalue weighted by molar-refractivity contribution is 7.89. The van der Waals surface area contributed by atoms with Crippen LogP contribution in [0.5, 0.6) is 0 Å². The number of nitrogens with zero attached hydrogens (tertiary/aromatic N) is 2. The van der Waals surface area contributed by atoms with Crippen LogP contribution in [0.1, 0.15) is 11.1 Å². The number of hydrogen-bond donors (Lipinski definition) is 1. The predicted octanol–water partition coefficient (Wildman–Crippen LogP) is 0.472. The van der Waals surface area contributed by atoms with Gasteiger partial charge in [-0.25, -0.2) is 8.42 Å². The zero-order valence-corrected chi connectivity index (χ0v) is 12.5. The van der Waals surface area contributed by atoms with E-state index < -0.39 is 10.0 Å². The first-order valence-corrected chi connectivity index (χ1v) is 7.79. The third-order valence-corrected chi connectivity index (χ3v) is 5.23. The van der Waals surface area contributed by atoms with Gasteiger partial charge in [0.15, 0.2) is 0 Å². The van der Waals surface area contributed by atoms with Crippen molar-refractivity contribution in [3.8, 4) is 0 Å². The van der Waals surface area contributed by atoms with Crippen molar-refractivity contribution in [1.29, 1.82) is 0 Å². The van der Waals surface area contributed by atoms with Gasteiger partial charge in [0.05, 0.1) is 4.90 Å². The number of fused-ring (bicyclic) bond motifs is 1. The lowest BCUT2D eigenvalue weighted by Gasteiger charge is -2.19. The highest BCUT2D eigenvalue weighted by Crippen LogP contribution is 2.21. The number of rotatable bonds is 5. The fraction of sp³-hybridized carbons (Fsp3) is 0.538. The summed E-state index contributed by atoms with van der Waals surface area (Å²) in [6, 6.07) is 5.39. The molecule has 0 saturated carbocycles. The van der Waals surface area contributed by atoms with Crippen LogP contribution < -0.4 is 5.32 Å². The molecule has 19 heavy (non-hydrogen) atoms. The van der Waals surface area contributed by atoms with E-state index >= 15 is 0 Å². The van der Waals surface area contributed by atoms with Gasteiger partial charge < -0.3 is 10.2 Å². The van der Waals surface area contributed by atoms with Crippen molar-refractivity contribution in [2.24, 2.45) is 0 Å². The molecule has 106 valence electrons. The molecule has 6 heteroatoms. The van der Waals surface area contributed by atoms with Gasteiger partial charge in [0.25, 0.3) is 0 Å². The zero-order chi connectivity index (χ0) is 14.0. The van der Waals surface area contributed by atoms with Crippen LogP contribution in [0.4, 0.5) is 0 Å². The van der Waals surface area contributed by atoms with Gasteiger partial charge >= 0.3 is 0 Å². The number of benzene rings is 1. The summed E-state index contributed by atoms with van der Waals surface area (Å²) in [4.78, 5) is 2.36. The third kappa shape index (κ3) is 3.14. The Balaban J connectivity index is 2.19. The number of nitrogens with one attached hydrogen (secondary N) is 1. The Hall–Kier alpha value is -0.950. The van der Waals surface area contributed by atoms with Crippen LogP contribution in [0, 0.1) is 0 Å². The van der Waals surface area contributed by atoms with Crippen LogP contribution in [0.2, 0.25) is 0 Å². The minimum atomic E-state index is -3.38. The van der Waals surface area contributed by atoms with Crippen molar-refractivity contribution in [3.63, 3.8) is 0 Å². The lowest BCUT2D eigenvalue weighted by atomic mass is 10.1. The zero-order valence-electron chi connectivity index (χ0n) is 11.7. The molecule has 0 bridgehead atoms. The largest absolute Gasteiger partial charge is 0.309 e. The van der Waals surface area contributed by atoms with E-state index in [-0.39, 0.29) is 0 Å². The maximum atomic E-state index is 12.4. The standard InChI is InChI=1S/C13H21N3O2S/c1-15(2)6-7-16(3)19(17,18)13-5-4-11-9-14-10-12(11)8-13/h4-5,8,14H,6-7,9-10H2,1-3H3. The average molecular weight is 283 g/mol. The molecule has 0 fully saturated rings. The van der Waals surface area contributed by atoms with E-state index in [0.29, 0.717) is 18.0 Å². The van der Waals surface area contributed by atoms with Crippen LogP contribution in [-0.2, 0) is 23.1 Å². The van der Waals surface area contributed by atoms with Crippen molar-refractivity contribution in [2.75, 3.05) is 34.2 Å². The Bertz CT molecular complexity index is 555. The molecule has 1 aliphatic heterocycles. The van der Waals surface area contributed by atoms with Gasteiger partial charge in [-0.1, -0.05) is 6.07 Å². The first kappa shape index (κ1) is 14.5. The second-order valence-electron chi connectivity index (χ2n) is 5.16.